The minimum atomic E-state index is 0.182. The Morgan fingerprint density at radius 2 is 2.11 bits per heavy atom. The van der Waals surface area contributed by atoms with Crippen LogP contribution in [0.5, 0.6) is 0 Å². The fourth-order valence-electron chi connectivity index (χ4n) is 2.71. The topological polar surface area (TPSA) is 49.6 Å². The van der Waals surface area contributed by atoms with Gasteiger partial charge in [-0.25, -0.2) is 0 Å². The number of rotatable bonds is 5. The van der Waals surface area contributed by atoms with E-state index in [4.69, 9.17) is 5.73 Å². The van der Waals surface area contributed by atoms with Crippen molar-refractivity contribution in [2.75, 3.05) is 33.7 Å². The maximum Gasteiger partial charge on any atom is 0.223 e. The van der Waals surface area contributed by atoms with Crippen molar-refractivity contribution in [3.05, 3.63) is 0 Å². The van der Waals surface area contributed by atoms with Gasteiger partial charge in [0.2, 0.25) is 5.91 Å². The summed E-state index contributed by atoms with van der Waals surface area (Å²) >= 11 is 0. The Morgan fingerprint density at radius 1 is 1.39 bits per heavy atom. The predicted molar refractivity (Wildman–Crippen MR) is 75.4 cm³/mol. The molecular weight excluding hydrogens is 226 g/mol. The van der Waals surface area contributed by atoms with Crippen molar-refractivity contribution in [3.8, 4) is 0 Å². The first kappa shape index (κ1) is 15.4. The molecule has 0 aliphatic carbocycles. The molecule has 0 aromatic carbocycles. The van der Waals surface area contributed by atoms with Gasteiger partial charge in [0.05, 0.1) is 0 Å². The maximum atomic E-state index is 11.8. The lowest BCUT2D eigenvalue weighted by atomic mass is 9.98. The average Bonchev–Trinajstić information content (AvgIpc) is 2.60. The van der Waals surface area contributed by atoms with Gasteiger partial charge in [-0.2, -0.15) is 0 Å². The van der Waals surface area contributed by atoms with Gasteiger partial charge >= 0.3 is 0 Å². The summed E-state index contributed by atoms with van der Waals surface area (Å²) in [7, 11) is 3.62. The largest absolute Gasteiger partial charge is 0.349 e. The van der Waals surface area contributed by atoms with Gasteiger partial charge in [0.1, 0.15) is 0 Å². The number of hydrogen-bond acceptors (Lipinski definition) is 3. The van der Waals surface area contributed by atoms with Crippen molar-refractivity contribution < 1.29 is 4.79 Å². The van der Waals surface area contributed by atoms with Crippen molar-refractivity contribution in [2.45, 2.75) is 45.1 Å². The highest BCUT2D eigenvalue weighted by atomic mass is 16.2. The number of carbonyl (C=O) groups is 1. The number of amides is 1. The Hall–Kier alpha value is -0.610. The molecule has 0 saturated carbocycles. The minimum Gasteiger partial charge on any atom is -0.349 e. The van der Waals surface area contributed by atoms with E-state index in [0.29, 0.717) is 13.0 Å². The third-order valence-corrected chi connectivity index (χ3v) is 4.16. The third kappa shape index (κ3) is 4.58. The Morgan fingerprint density at radius 3 is 2.67 bits per heavy atom. The molecule has 1 amide bonds. The second-order valence-corrected chi connectivity index (χ2v) is 5.62. The molecule has 1 aliphatic rings. The molecule has 4 heteroatoms. The molecule has 1 aliphatic heterocycles. The third-order valence-electron chi connectivity index (χ3n) is 4.16. The van der Waals surface area contributed by atoms with E-state index in [1.807, 2.05) is 14.1 Å². The van der Waals surface area contributed by atoms with E-state index in [1.165, 1.54) is 25.7 Å². The first-order valence-electron chi connectivity index (χ1n) is 7.22. The van der Waals surface area contributed by atoms with Gasteiger partial charge in [0.15, 0.2) is 0 Å². The summed E-state index contributed by atoms with van der Waals surface area (Å²) in [5, 5.41) is 0. The van der Waals surface area contributed by atoms with Crippen molar-refractivity contribution in [2.24, 2.45) is 11.7 Å². The van der Waals surface area contributed by atoms with Crippen molar-refractivity contribution >= 4 is 5.91 Å². The standard InChI is InChI=1S/C14H29N3O/c1-4-12-6-5-8-17(9-7-12)13(11-15)10-14(18)16(2)3/h12-13H,4-11,15H2,1-3H3. The van der Waals surface area contributed by atoms with Crippen LogP contribution in [0.2, 0.25) is 0 Å². The molecule has 106 valence electrons. The van der Waals surface area contributed by atoms with E-state index in [-0.39, 0.29) is 11.9 Å². The van der Waals surface area contributed by atoms with Gasteiger partial charge in [-0.05, 0) is 38.3 Å². The summed E-state index contributed by atoms with van der Waals surface area (Å²) in [5.74, 6) is 1.04. The van der Waals surface area contributed by atoms with Crippen LogP contribution in [0.4, 0.5) is 0 Å². The average molecular weight is 255 g/mol. The maximum absolute atomic E-state index is 11.8. The van der Waals surface area contributed by atoms with E-state index < -0.39 is 0 Å². The molecule has 1 fully saturated rings. The molecule has 0 bridgehead atoms. The number of nitrogens with zero attached hydrogens (tertiary/aromatic N) is 2. The van der Waals surface area contributed by atoms with Gasteiger partial charge in [-0.1, -0.05) is 13.3 Å². The van der Waals surface area contributed by atoms with E-state index >= 15 is 0 Å². The highest BCUT2D eigenvalue weighted by Gasteiger charge is 2.24. The van der Waals surface area contributed by atoms with Crippen LogP contribution in [0.1, 0.15) is 39.0 Å². The molecule has 0 spiro atoms. The molecule has 18 heavy (non-hydrogen) atoms. The zero-order chi connectivity index (χ0) is 13.5. The van der Waals surface area contributed by atoms with Crippen LogP contribution in [0.25, 0.3) is 0 Å². The molecule has 1 heterocycles. The van der Waals surface area contributed by atoms with E-state index in [9.17, 15) is 4.79 Å². The van der Waals surface area contributed by atoms with Gasteiger partial charge in [-0.3, -0.25) is 9.69 Å². The van der Waals surface area contributed by atoms with Crippen molar-refractivity contribution in [1.82, 2.24) is 9.80 Å². The fraction of sp³-hybridized carbons (Fsp3) is 0.929. The monoisotopic (exact) mass is 255 g/mol. The smallest absolute Gasteiger partial charge is 0.223 e. The van der Waals surface area contributed by atoms with Crippen LogP contribution in [0.3, 0.4) is 0 Å². The van der Waals surface area contributed by atoms with Gasteiger partial charge in [0, 0.05) is 33.1 Å². The summed E-state index contributed by atoms with van der Waals surface area (Å²) in [4.78, 5) is 15.9. The Kier molecular flexibility index (Phi) is 6.65. The van der Waals surface area contributed by atoms with E-state index in [0.717, 1.165) is 19.0 Å². The first-order chi connectivity index (χ1) is 8.58. The molecular formula is C14H29N3O. The van der Waals surface area contributed by atoms with E-state index in [2.05, 4.69) is 11.8 Å². The Bertz CT molecular complexity index is 255. The predicted octanol–water partition coefficient (Wildman–Crippen LogP) is 1.30. The van der Waals surface area contributed by atoms with Crippen LogP contribution in [-0.2, 0) is 4.79 Å². The highest BCUT2D eigenvalue weighted by Crippen LogP contribution is 2.22. The van der Waals surface area contributed by atoms with E-state index in [1.54, 1.807) is 4.90 Å². The lowest BCUT2D eigenvalue weighted by Gasteiger charge is -2.30. The first-order valence-corrected chi connectivity index (χ1v) is 7.22. The van der Waals surface area contributed by atoms with Gasteiger partial charge in [-0.15, -0.1) is 0 Å². The van der Waals surface area contributed by atoms with Gasteiger partial charge < -0.3 is 10.6 Å². The molecule has 4 nitrogen and oxygen atoms in total. The van der Waals surface area contributed by atoms with Gasteiger partial charge in [0.25, 0.3) is 0 Å². The van der Waals surface area contributed by atoms with Crippen LogP contribution in [0, 0.1) is 5.92 Å². The highest BCUT2D eigenvalue weighted by molar-refractivity contribution is 5.76. The summed E-state index contributed by atoms with van der Waals surface area (Å²) < 4.78 is 0. The van der Waals surface area contributed by atoms with Crippen LogP contribution in [0.15, 0.2) is 0 Å². The number of likely N-dealkylation sites (tertiary alicyclic amines) is 1. The van der Waals surface area contributed by atoms with Crippen molar-refractivity contribution in [1.29, 1.82) is 0 Å². The SMILES string of the molecule is CCC1CCCN(C(CN)CC(=O)N(C)C)CC1. The molecule has 1 rings (SSSR count). The number of carbonyl (C=O) groups excluding carboxylic acids is 1. The Balaban J connectivity index is 2.51. The van der Waals surface area contributed by atoms with Crippen LogP contribution in [-0.4, -0.2) is 55.5 Å². The zero-order valence-corrected chi connectivity index (χ0v) is 12.2. The Labute approximate surface area is 111 Å². The molecule has 0 aromatic heterocycles. The molecule has 2 N–H and O–H groups in total. The normalized spacial score (nSPS) is 23.4. The molecule has 2 atom stereocenters. The summed E-state index contributed by atoms with van der Waals surface area (Å²) in [6, 6.07) is 0.218. The fourth-order valence-corrected chi connectivity index (χ4v) is 2.71. The molecule has 0 aromatic rings. The summed E-state index contributed by atoms with van der Waals surface area (Å²) in [5.41, 5.74) is 5.86. The summed E-state index contributed by atoms with van der Waals surface area (Å²) in [6.07, 6.45) is 5.65. The molecule has 2 unspecified atom stereocenters. The van der Waals surface area contributed by atoms with Crippen LogP contribution >= 0.6 is 0 Å². The zero-order valence-electron chi connectivity index (χ0n) is 12.2. The quantitative estimate of drug-likeness (QED) is 0.805. The molecule has 1 saturated heterocycles. The summed E-state index contributed by atoms with van der Waals surface area (Å²) in [6.45, 7) is 5.05. The van der Waals surface area contributed by atoms with Crippen LogP contribution < -0.4 is 5.73 Å². The van der Waals surface area contributed by atoms with Crippen molar-refractivity contribution in [3.63, 3.8) is 0 Å². The second kappa shape index (κ2) is 7.74. The minimum absolute atomic E-state index is 0.182. The second-order valence-electron chi connectivity index (χ2n) is 5.62. The lowest BCUT2D eigenvalue weighted by molar-refractivity contribution is -0.129. The molecule has 0 radical (unpaired) electrons. The number of nitrogens with two attached hydrogens (primary N) is 1. The number of hydrogen-bond donors (Lipinski definition) is 1. The lowest BCUT2D eigenvalue weighted by Crippen LogP contribution is -2.44.